The minimum atomic E-state index is -5.68. The molecule has 0 bridgehead atoms. The maximum Gasteiger partial charge on any atom is 0.422 e. The van der Waals surface area contributed by atoms with Crippen LogP contribution in [0.5, 0.6) is 5.75 Å². The number of anilines is 1. The standard InChI is InChI=1S/C22H11F7N2O3/c23-16-15(22(27,28)29)17(24)19(26)20(18(16)25)33-9-14(32)30-11-7-5-10(6-8-11)21-31-12-3-1-2-4-13(12)34-21/h1-8H,9H2,(H,30,32). The molecule has 0 aliphatic rings. The Morgan fingerprint density at radius 2 is 1.53 bits per heavy atom. The van der Waals surface area contributed by atoms with Crippen LogP contribution in [0.4, 0.5) is 36.4 Å². The molecule has 0 aliphatic heterocycles. The number of carbonyl (C=O) groups excluding carboxylic acids is 1. The summed E-state index contributed by atoms with van der Waals surface area (Å²) in [7, 11) is 0. The predicted octanol–water partition coefficient (Wildman–Crippen LogP) is 6.09. The monoisotopic (exact) mass is 484 g/mol. The fraction of sp³-hybridized carbons (Fsp3) is 0.0909. The number of rotatable bonds is 5. The summed E-state index contributed by atoms with van der Waals surface area (Å²) in [5.41, 5.74) is -0.743. The largest absolute Gasteiger partial charge is 0.477 e. The van der Waals surface area contributed by atoms with Gasteiger partial charge in [-0.2, -0.15) is 22.0 Å². The lowest BCUT2D eigenvalue weighted by Crippen LogP contribution is -2.22. The van der Waals surface area contributed by atoms with Crippen LogP contribution in [0.15, 0.2) is 52.9 Å². The van der Waals surface area contributed by atoms with Gasteiger partial charge in [-0.05, 0) is 36.4 Å². The molecule has 0 spiro atoms. The predicted molar refractivity (Wildman–Crippen MR) is 105 cm³/mol. The molecule has 0 saturated carbocycles. The molecule has 5 nitrogen and oxygen atoms in total. The molecule has 1 N–H and O–H groups in total. The molecule has 0 radical (unpaired) electrons. The Kier molecular flexibility index (Phi) is 5.90. The number of carbonyl (C=O) groups is 1. The van der Waals surface area contributed by atoms with Crippen molar-refractivity contribution in [3.8, 4) is 17.2 Å². The molecule has 0 aliphatic carbocycles. The van der Waals surface area contributed by atoms with E-state index < -0.39 is 53.3 Å². The molecule has 0 atom stereocenters. The van der Waals surface area contributed by atoms with E-state index in [1.54, 1.807) is 36.4 Å². The Labute approximate surface area is 185 Å². The van der Waals surface area contributed by atoms with Gasteiger partial charge in [0.1, 0.15) is 11.1 Å². The van der Waals surface area contributed by atoms with Gasteiger partial charge in [0.15, 0.2) is 29.6 Å². The van der Waals surface area contributed by atoms with Crippen molar-refractivity contribution in [2.24, 2.45) is 0 Å². The average molecular weight is 484 g/mol. The molecule has 4 rings (SSSR count). The molecule has 4 aromatic rings. The van der Waals surface area contributed by atoms with E-state index in [4.69, 9.17) is 4.42 Å². The quantitative estimate of drug-likeness (QED) is 0.275. The van der Waals surface area contributed by atoms with Gasteiger partial charge in [-0.15, -0.1) is 0 Å². The molecule has 12 heteroatoms. The van der Waals surface area contributed by atoms with E-state index in [1.807, 2.05) is 0 Å². The summed E-state index contributed by atoms with van der Waals surface area (Å²) in [4.78, 5) is 16.3. The molecule has 1 heterocycles. The normalized spacial score (nSPS) is 11.6. The number of para-hydroxylation sites is 2. The second kappa shape index (κ2) is 8.69. The summed E-state index contributed by atoms with van der Waals surface area (Å²) in [6.07, 6.45) is -5.68. The number of hydrogen-bond donors (Lipinski definition) is 1. The van der Waals surface area contributed by atoms with Crippen LogP contribution < -0.4 is 10.1 Å². The van der Waals surface area contributed by atoms with Gasteiger partial charge in [0, 0.05) is 11.3 Å². The average Bonchev–Trinajstić information content (AvgIpc) is 3.22. The Balaban J connectivity index is 1.44. The minimum absolute atomic E-state index is 0.208. The SMILES string of the molecule is O=C(COc1c(F)c(F)c(C(F)(F)F)c(F)c1F)Nc1ccc(-c2nc3ccccc3o2)cc1. The maximum absolute atomic E-state index is 13.8. The molecule has 0 saturated heterocycles. The second-order valence-electron chi connectivity index (χ2n) is 6.86. The molecule has 0 fully saturated rings. The third kappa shape index (κ3) is 4.38. The zero-order valence-electron chi connectivity index (χ0n) is 16.6. The van der Waals surface area contributed by atoms with Crippen LogP contribution in [0, 0.1) is 23.3 Å². The highest BCUT2D eigenvalue weighted by Gasteiger charge is 2.42. The number of alkyl halides is 3. The van der Waals surface area contributed by atoms with Gasteiger partial charge in [0.25, 0.3) is 5.91 Å². The number of halogens is 7. The Morgan fingerprint density at radius 1 is 0.912 bits per heavy atom. The van der Waals surface area contributed by atoms with Crippen molar-refractivity contribution >= 4 is 22.7 Å². The van der Waals surface area contributed by atoms with Gasteiger partial charge in [-0.1, -0.05) is 12.1 Å². The highest BCUT2D eigenvalue weighted by atomic mass is 19.4. The van der Waals surface area contributed by atoms with E-state index in [0.717, 1.165) is 0 Å². The van der Waals surface area contributed by atoms with Crippen molar-refractivity contribution in [3.63, 3.8) is 0 Å². The third-order valence-corrected chi connectivity index (χ3v) is 4.56. The van der Waals surface area contributed by atoms with E-state index in [-0.39, 0.29) is 5.69 Å². The second-order valence-corrected chi connectivity index (χ2v) is 6.86. The van der Waals surface area contributed by atoms with Crippen molar-refractivity contribution in [1.29, 1.82) is 0 Å². The fourth-order valence-corrected chi connectivity index (χ4v) is 3.01. The van der Waals surface area contributed by atoms with Gasteiger partial charge in [0.2, 0.25) is 17.5 Å². The van der Waals surface area contributed by atoms with Crippen molar-refractivity contribution < 1.29 is 44.7 Å². The van der Waals surface area contributed by atoms with Crippen LogP contribution in [-0.2, 0) is 11.0 Å². The van der Waals surface area contributed by atoms with E-state index >= 15 is 0 Å². The molecule has 1 amide bonds. The number of ether oxygens (including phenoxy) is 1. The highest BCUT2D eigenvalue weighted by Crippen LogP contribution is 2.39. The summed E-state index contributed by atoms with van der Waals surface area (Å²) in [5, 5.41) is 2.29. The molecule has 3 aromatic carbocycles. The van der Waals surface area contributed by atoms with Gasteiger partial charge < -0.3 is 14.5 Å². The molecule has 1 aromatic heterocycles. The van der Waals surface area contributed by atoms with Crippen LogP contribution >= 0.6 is 0 Å². The minimum Gasteiger partial charge on any atom is -0.477 e. The lowest BCUT2D eigenvalue weighted by molar-refractivity contribution is -0.143. The van der Waals surface area contributed by atoms with E-state index in [2.05, 4.69) is 15.0 Å². The first-order valence-corrected chi connectivity index (χ1v) is 9.38. The maximum atomic E-state index is 13.8. The zero-order chi connectivity index (χ0) is 24.6. The van der Waals surface area contributed by atoms with Crippen molar-refractivity contribution in [2.75, 3.05) is 11.9 Å². The Morgan fingerprint density at radius 3 is 2.12 bits per heavy atom. The smallest absolute Gasteiger partial charge is 0.422 e. The van der Waals surface area contributed by atoms with Crippen molar-refractivity contribution in [1.82, 2.24) is 4.98 Å². The highest BCUT2D eigenvalue weighted by molar-refractivity contribution is 5.92. The van der Waals surface area contributed by atoms with E-state index in [9.17, 15) is 35.5 Å². The van der Waals surface area contributed by atoms with E-state index in [1.165, 1.54) is 12.1 Å². The number of aromatic nitrogens is 1. The number of oxazole rings is 1. The molecule has 34 heavy (non-hydrogen) atoms. The number of amides is 1. The molecular formula is C22H11F7N2O3. The van der Waals surface area contributed by atoms with Gasteiger partial charge in [0.05, 0.1) is 0 Å². The Hall–Kier alpha value is -4.09. The molecule has 176 valence electrons. The van der Waals surface area contributed by atoms with Crippen molar-refractivity contribution in [3.05, 3.63) is 77.4 Å². The number of hydrogen-bond acceptors (Lipinski definition) is 4. The summed E-state index contributed by atoms with van der Waals surface area (Å²) in [6, 6.07) is 13.1. The van der Waals surface area contributed by atoms with Crippen LogP contribution in [0.2, 0.25) is 0 Å². The third-order valence-electron chi connectivity index (χ3n) is 4.56. The van der Waals surface area contributed by atoms with Gasteiger partial charge in [-0.25, -0.2) is 13.8 Å². The van der Waals surface area contributed by atoms with Crippen molar-refractivity contribution in [2.45, 2.75) is 6.18 Å². The topological polar surface area (TPSA) is 64.4 Å². The first-order valence-electron chi connectivity index (χ1n) is 9.38. The fourth-order valence-electron chi connectivity index (χ4n) is 3.01. The first-order chi connectivity index (χ1) is 16.1. The summed E-state index contributed by atoms with van der Waals surface area (Å²) in [5.74, 6) is -12.7. The van der Waals surface area contributed by atoms with Crippen LogP contribution in [0.25, 0.3) is 22.6 Å². The number of benzene rings is 3. The number of fused-ring (bicyclic) bond motifs is 1. The Bertz CT molecular complexity index is 1320. The lowest BCUT2D eigenvalue weighted by atomic mass is 10.1. The first kappa shape index (κ1) is 23.1. The van der Waals surface area contributed by atoms with Gasteiger partial charge in [-0.3, -0.25) is 4.79 Å². The van der Waals surface area contributed by atoms with Crippen LogP contribution in [0.1, 0.15) is 5.56 Å². The van der Waals surface area contributed by atoms with Crippen LogP contribution in [-0.4, -0.2) is 17.5 Å². The summed E-state index contributed by atoms with van der Waals surface area (Å²) < 4.78 is 103. The molecular weight excluding hydrogens is 473 g/mol. The van der Waals surface area contributed by atoms with Crippen LogP contribution in [0.3, 0.4) is 0 Å². The summed E-state index contributed by atoms with van der Waals surface area (Å²) in [6.45, 7) is -1.15. The lowest BCUT2D eigenvalue weighted by Gasteiger charge is -2.14. The zero-order valence-corrected chi connectivity index (χ0v) is 16.6. The van der Waals surface area contributed by atoms with Gasteiger partial charge >= 0.3 is 6.18 Å². The summed E-state index contributed by atoms with van der Waals surface area (Å²) >= 11 is 0. The number of nitrogens with zero attached hydrogens (tertiary/aromatic N) is 1. The van der Waals surface area contributed by atoms with E-state index in [0.29, 0.717) is 22.6 Å². The number of nitrogens with one attached hydrogen (secondary N) is 1. The molecule has 0 unspecified atom stereocenters.